The van der Waals surface area contributed by atoms with Crippen molar-refractivity contribution < 1.29 is 9.90 Å². The van der Waals surface area contributed by atoms with E-state index in [4.69, 9.17) is 9.97 Å². The summed E-state index contributed by atoms with van der Waals surface area (Å²) in [5.74, 6) is 1.41. The second kappa shape index (κ2) is 7.54. The summed E-state index contributed by atoms with van der Waals surface area (Å²) in [4.78, 5) is 26.4. The fourth-order valence-corrected chi connectivity index (χ4v) is 3.67. The van der Waals surface area contributed by atoms with Gasteiger partial charge in [-0.1, -0.05) is 42.5 Å². The molecular formula is C23H24N4O2. The SMILES string of the molecule is Cc1cccc(C(=O)N2CCc3c(nc(-c4ccccc4)nc3N(C)C)C2)c1O. The molecule has 0 spiro atoms. The molecule has 29 heavy (non-hydrogen) atoms. The number of hydrogen-bond acceptors (Lipinski definition) is 5. The monoisotopic (exact) mass is 388 g/mol. The molecule has 0 saturated heterocycles. The largest absolute Gasteiger partial charge is 0.507 e. The summed E-state index contributed by atoms with van der Waals surface area (Å²) in [6.07, 6.45) is 0.677. The molecule has 6 heteroatoms. The highest BCUT2D eigenvalue weighted by Gasteiger charge is 2.28. The quantitative estimate of drug-likeness (QED) is 0.745. The normalized spacial score (nSPS) is 13.1. The minimum atomic E-state index is -0.178. The molecule has 0 fully saturated rings. The molecule has 1 aliphatic rings. The minimum absolute atomic E-state index is 0.0462. The number of para-hydroxylation sites is 1. The Kier molecular flexibility index (Phi) is 4.92. The highest BCUT2D eigenvalue weighted by atomic mass is 16.3. The first-order valence-corrected chi connectivity index (χ1v) is 9.66. The first-order chi connectivity index (χ1) is 14.0. The molecule has 1 amide bonds. The van der Waals surface area contributed by atoms with E-state index in [0.29, 0.717) is 36.5 Å². The van der Waals surface area contributed by atoms with E-state index in [1.165, 1.54) is 0 Å². The molecule has 0 saturated carbocycles. The zero-order valence-corrected chi connectivity index (χ0v) is 16.9. The van der Waals surface area contributed by atoms with Gasteiger partial charge in [-0.25, -0.2) is 9.97 Å². The van der Waals surface area contributed by atoms with Crippen LogP contribution in [0, 0.1) is 6.92 Å². The zero-order chi connectivity index (χ0) is 20.5. The van der Waals surface area contributed by atoms with E-state index in [0.717, 1.165) is 22.6 Å². The molecule has 3 aromatic rings. The van der Waals surface area contributed by atoms with Gasteiger partial charge in [0.15, 0.2) is 5.82 Å². The fourth-order valence-electron chi connectivity index (χ4n) is 3.67. The summed E-state index contributed by atoms with van der Waals surface area (Å²) in [7, 11) is 3.94. The number of amides is 1. The van der Waals surface area contributed by atoms with Gasteiger partial charge < -0.3 is 14.9 Å². The van der Waals surface area contributed by atoms with Crippen LogP contribution < -0.4 is 4.90 Å². The second-order valence-corrected chi connectivity index (χ2v) is 7.50. The molecule has 1 aromatic heterocycles. The number of aryl methyl sites for hydroxylation is 1. The smallest absolute Gasteiger partial charge is 0.257 e. The van der Waals surface area contributed by atoms with Crippen molar-refractivity contribution in [1.29, 1.82) is 0 Å². The molecular weight excluding hydrogens is 364 g/mol. The molecule has 0 bridgehead atoms. The summed E-state index contributed by atoms with van der Waals surface area (Å²) < 4.78 is 0. The van der Waals surface area contributed by atoms with Crippen LogP contribution in [-0.2, 0) is 13.0 Å². The van der Waals surface area contributed by atoms with Gasteiger partial charge >= 0.3 is 0 Å². The summed E-state index contributed by atoms with van der Waals surface area (Å²) in [5.41, 5.74) is 3.90. The minimum Gasteiger partial charge on any atom is -0.507 e. The number of aromatic hydroxyl groups is 1. The number of carbonyl (C=O) groups excluding carboxylic acids is 1. The molecule has 2 heterocycles. The summed E-state index contributed by atoms with van der Waals surface area (Å²) >= 11 is 0. The number of fused-ring (bicyclic) bond motifs is 1. The van der Waals surface area contributed by atoms with E-state index in [1.807, 2.05) is 49.3 Å². The molecule has 0 radical (unpaired) electrons. The van der Waals surface area contributed by atoms with Gasteiger partial charge in [0.25, 0.3) is 5.91 Å². The summed E-state index contributed by atoms with van der Waals surface area (Å²) in [5, 5.41) is 10.3. The van der Waals surface area contributed by atoms with Gasteiger partial charge in [-0.05, 0) is 25.0 Å². The lowest BCUT2D eigenvalue weighted by molar-refractivity contribution is 0.0728. The lowest BCUT2D eigenvalue weighted by Crippen LogP contribution is -2.37. The van der Waals surface area contributed by atoms with E-state index in [9.17, 15) is 9.90 Å². The number of phenols is 1. The van der Waals surface area contributed by atoms with Gasteiger partial charge in [-0.15, -0.1) is 0 Å². The van der Waals surface area contributed by atoms with Gasteiger partial charge in [0, 0.05) is 31.8 Å². The lowest BCUT2D eigenvalue weighted by Gasteiger charge is -2.31. The maximum absolute atomic E-state index is 13.1. The third-order valence-corrected chi connectivity index (χ3v) is 5.25. The van der Waals surface area contributed by atoms with Crippen LogP contribution in [-0.4, -0.2) is 46.5 Å². The van der Waals surface area contributed by atoms with Crippen LogP contribution in [0.2, 0.25) is 0 Å². The molecule has 6 nitrogen and oxygen atoms in total. The number of nitrogens with zero attached hydrogens (tertiary/aromatic N) is 4. The van der Waals surface area contributed by atoms with Crippen LogP contribution in [0.1, 0.15) is 27.2 Å². The molecule has 2 aromatic carbocycles. The average molecular weight is 388 g/mol. The second-order valence-electron chi connectivity index (χ2n) is 7.50. The third kappa shape index (κ3) is 3.53. The Bertz CT molecular complexity index is 1060. The molecule has 148 valence electrons. The Balaban J connectivity index is 1.72. The van der Waals surface area contributed by atoms with Gasteiger partial charge in [0.05, 0.1) is 17.8 Å². The molecule has 0 atom stereocenters. The number of phenolic OH excluding ortho intramolecular Hbond substituents is 1. The van der Waals surface area contributed by atoms with Crippen LogP contribution in [0.15, 0.2) is 48.5 Å². The Hall–Kier alpha value is -3.41. The van der Waals surface area contributed by atoms with Crippen molar-refractivity contribution in [2.75, 3.05) is 25.5 Å². The Morgan fingerprint density at radius 1 is 1.07 bits per heavy atom. The molecule has 0 aliphatic carbocycles. The first kappa shape index (κ1) is 18.9. The van der Waals surface area contributed by atoms with Crippen LogP contribution >= 0.6 is 0 Å². The van der Waals surface area contributed by atoms with Crippen molar-refractivity contribution in [3.8, 4) is 17.1 Å². The molecule has 4 rings (SSSR count). The highest BCUT2D eigenvalue weighted by molar-refractivity contribution is 5.97. The Labute approximate surface area is 170 Å². The van der Waals surface area contributed by atoms with Crippen LogP contribution in [0.25, 0.3) is 11.4 Å². The van der Waals surface area contributed by atoms with E-state index < -0.39 is 0 Å². The van der Waals surface area contributed by atoms with Crippen LogP contribution in [0.5, 0.6) is 5.75 Å². The number of hydrogen-bond donors (Lipinski definition) is 1. The van der Waals surface area contributed by atoms with Gasteiger partial charge in [0.2, 0.25) is 0 Å². The van der Waals surface area contributed by atoms with Crippen molar-refractivity contribution in [3.63, 3.8) is 0 Å². The summed E-state index contributed by atoms with van der Waals surface area (Å²) in [6, 6.07) is 15.1. The highest BCUT2D eigenvalue weighted by Crippen LogP contribution is 2.30. The molecule has 0 unspecified atom stereocenters. The Morgan fingerprint density at radius 3 is 2.55 bits per heavy atom. The lowest BCUT2D eigenvalue weighted by atomic mass is 10.0. The van der Waals surface area contributed by atoms with E-state index in [1.54, 1.807) is 30.0 Å². The van der Waals surface area contributed by atoms with Gasteiger partial charge in [-0.3, -0.25) is 4.79 Å². The van der Waals surface area contributed by atoms with E-state index in [2.05, 4.69) is 0 Å². The van der Waals surface area contributed by atoms with Crippen molar-refractivity contribution in [3.05, 3.63) is 70.9 Å². The number of rotatable bonds is 3. The van der Waals surface area contributed by atoms with Crippen molar-refractivity contribution in [1.82, 2.24) is 14.9 Å². The van der Waals surface area contributed by atoms with E-state index >= 15 is 0 Å². The van der Waals surface area contributed by atoms with Crippen LogP contribution in [0.3, 0.4) is 0 Å². The molecule has 1 aliphatic heterocycles. The van der Waals surface area contributed by atoms with E-state index in [-0.39, 0.29) is 11.7 Å². The van der Waals surface area contributed by atoms with Gasteiger partial charge in [-0.2, -0.15) is 0 Å². The predicted octanol–water partition coefficient (Wildman–Crippen LogP) is 3.42. The number of anilines is 1. The fraction of sp³-hybridized carbons (Fsp3) is 0.261. The maximum atomic E-state index is 13.1. The van der Waals surface area contributed by atoms with Gasteiger partial charge in [0.1, 0.15) is 11.6 Å². The van der Waals surface area contributed by atoms with Crippen molar-refractivity contribution in [2.24, 2.45) is 0 Å². The topological polar surface area (TPSA) is 69.6 Å². The molecule has 1 N–H and O–H groups in total. The summed E-state index contributed by atoms with van der Waals surface area (Å²) in [6.45, 7) is 2.75. The average Bonchev–Trinajstić information content (AvgIpc) is 2.74. The number of benzene rings is 2. The maximum Gasteiger partial charge on any atom is 0.257 e. The number of carbonyl (C=O) groups is 1. The van der Waals surface area contributed by atoms with Crippen molar-refractivity contribution >= 4 is 11.7 Å². The third-order valence-electron chi connectivity index (χ3n) is 5.25. The Morgan fingerprint density at radius 2 is 1.83 bits per heavy atom. The zero-order valence-electron chi connectivity index (χ0n) is 16.9. The first-order valence-electron chi connectivity index (χ1n) is 9.66. The predicted molar refractivity (Wildman–Crippen MR) is 113 cm³/mol. The standard InChI is InChI=1S/C23H24N4O2/c1-15-8-7-11-18(20(15)28)23(29)27-13-12-17-19(14-27)24-21(25-22(17)26(2)3)16-9-5-4-6-10-16/h4-11,28H,12-14H2,1-3H3. The van der Waals surface area contributed by atoms with Crippen molar-refractivity contribution in [2.45, 2.75) is 19.9 Å². The number of aromatic nitrogens is 2. The van der Waals surface area contributed by atoms with Crippen LogP contribution in [0.4, 0.5) is 5.82 Å².